The minimum atomic E-state index is -0.350. The van der Waals surface area contributed by atoms with Crippen molar-refractivity contribution in [2.45, 2.75) is 0 Å². The molecule has 6 nitrogen and oxygen atoms in total. The van der Waals surface area contributed by atoms with E-state index in [4.69, 9.17) is 21.7 Å². The first-order valence-electron chi connectivity index (χ1n) is 8.74. The van der Waals surface area contributed by atoms with Crippen LogP contribution in [0.1, 0.15) is 10.4 Å². The maximum atomic E-state index is 11.5. The summed E-state index contributed by atoms with van der Waals surface area (Å²) in [4.78, 5) is 16.0. The molecule has 0 spiro atoms. The predicted molar refractivity (Wildman–Crippen MR) is 111 cm³/mol. The average molecular weight is 385 g/mol. The smallest absolute Gasteiger partial charge is 0.337 e. The molecule has 0 amide bonds. The number of rotatable bonds is 4. The summed E-state index contributed by atoms with van der Waals surface area (Å²) in [5.41, 5.74) is 2.47. The van der Waals surface area contributed by atoms with Gasteiger partial charge in [0.1, 0.15) is 5.75 Å². The van der Waals surface area contributed by atoms with Crippen LogP contribution < -0.4 is 15.0 Å². The highest BCUT2D eigenvalue weighted by Crippen LogP contribution is 2.28. The molecule has 0 bridgehead atoms. The standard InChI is InChI=1S/C20H23N3O3S/c1-25-18-6-4-3-5-17(18)22-11-13-23(14-12-22)20(27)21-16-9-7-15(8-10-16)19(24)26-2/h3-10H,11-14H2,1-2H3,(H,21,27). The lowest BCUT2D eigenvalue weighted by atomic mass is 10.2. The molecule has 7 heteroatoms. The molecule has 1 saturated heterocycles. The van der Waals surface area contributed by atoms with Gasteiger partial charge in [0.2, 0.25) is 0 Å². The van der Waals surface area contributed by atoms with Crippen molar-refractivity contribution in [3.8, 4) is 5.75 Å². The quantitative estimate of drug-likeness (QED) is 0.641. The fourth-order valence-corrected chi connectivity index (χ4v) is 3.35. The lowest BCUT2D eigenvalue weighted by molar-refractivity contribution is 0.0601. The summed E-state index contributed by atoms with van der Waals surface area (Å²) in [5, 5.41) is 3.92. The highest BCUT2D eigenvalue weighted by Gasteiger charge is 2.21. The molecule has 0 atom stereocenters. The van der Waals surface area contributed by atoms with Crippen molar-refractivity contribution in [3.05, 3.63) is 54.1 Å². The molecule has 0 radical (unpaired) electrons. The molecule has 0 aliphatic carbocycles. The highest BCUT2D eigenvalue weighted by atomic mass is 32.1. The van der Waals surface area contributed by atoms with Gasteiger partial charge in [0, 0.05) is 31.9 Å². The number of thiocarbonyl (C=S) groups is 1. The lowest BCUT2D eigenvalue weighted by Crippen LogP contribution is -2.50. The van der Waals surface area contributed by atoms with E-state index < -0.39 is 0 Å². The summed E-state index contributed by atoms with van der Waals surface area (Å²) in [6.45, 7) is 3.38. The second kappa shape index (κ2) is 8.73. The number of nitrogens with one attached hydrogen (secondary N) is 1. The fourth-order valence-electron chi connectivity index (χ4n) is 3.05. The predicted octanol–water partition coefficient (Wildman–Crippen LogP) is 3.00. The van der Waals surface area contributed by atoms with E-state index in [1.807, 2.05) is 30.3 Å². The van der Waals surface area contributed by atoms with Crippen molar-refractivity contribution in [3.63, 3.8) is 0 Å². The Kier molecular flexibility index (Phi) is 6.13. The van der Waals surface area contributed by atoms with Crippen LogP contribution in [0.5, 0.6) is 5.75 Å². The number of hydrogen-bond donors (Lipinski definition) is 1. The number of anilines is 2. The Morgan fingerprint density at radius 1 is 1.00 bits per heavy atom. The van der Waals surface area contributed by atoms with Crippen LogP contribution in [0.15, 0.2) is 48.5 Å². The van der Waals surface area contributed by atoms with Crippen LogP contribution in [0, 0.1) is 0 Å². The van der Waals surface area contributed by atoms with Crippen molar-refractivity contribution >= 4 is 34.7 Å². The number of benzene rings is 2. The molecule has 0 unspecified atom stereocenters. The van der Waals surface area contributed by atoms with Crippen LogP contribution in [-0.4, -0.2) is 56.4 Å². The second-order valence-corrected chi connectivity index (χ2v) is 6.53. The average Bonchev–Trinajstić information content (AvgIpc) is 2.73. The Balaban J connectivity index is 1.56. The summed E-state index contributed by atoms with van der Waals surface area (Å²) < 4.78 is 10.2. The van der Waals surface area contributed by atoms with Gasteiger partial charge >= 0.3 is 5.97 Å². The van der Waals surface area contributed by atoms with Gasteiger partial charge in [0.05, 0.1) is 25.5 Å². The van der Waals surface area contributed by atoms with E-state index >= 15 is 0 Å². The molecule has 2 aromatic rings. The molecule has 1 aliphatic rings. The lowest BCUT2D eigenvalue weighted by Gasteiger charge is -2.37. The van der Waals surface area contributed by atoms with Crippen LogP contribution in [0.2, 0.25) is 0 Å². The fraction of sp³-hybridized carbons (Fsp3) is 0.300. The Morgan fingerprint density at radius 3 is 2.30 bits per heavy atom. The molecule has 2 aromatic carbocycles. The molecule has 27 heavy (non-hydrogen) atoms. The van der Waals surface area contributed by atoms with Crippen molar-refractivity contribution in [1.82, 2.24) is 4.90 Å². The van der Waals surface area contributed by atoms with E-state index in [9.17, 15) is 4.79 Å². The number of hydrogen-bond acceptors (Lipinski definition) is 5. The first kappa shape index (κ1) is 19.0. The zero-order valence-electron chi connectivity index (χ0n) is 15.5. The molecule has 1 heterocycles. The van der Waals surface area contributed by atoms with Crippen LogP contribution in [0.25, 0.3) is 0 Å². The van der Waals surface area contributed by atoms with Gasteiger partial charge in [0.25, 0.3) is 0 Å². The van der Waals surface area contributed by atoms with E-state index in [-0.39, 0.29) is 5.97 Å². The topological polar surface area (TPSA) is 54.0 Å². The number of carbonyl (C=O) groups excluding carboxylic acids is 1. The van der Waals surface area contributed by atoms with Gasteiger partial charge in [0.15, 0.2) is 5.11 Å². The van der Waals surface area contributed by atoms with Crippen LogP contribution >= 0.6 is 12.2 Å². The minimum Gasteiger partial charge on any atom is -0.495 e. The number of nitrogens with zero attached hydrogens (tertiary/aromatic N) is 2. The van der Waals surface area contributed by atoms with Gasteiger partial charge in [-0.05, 0) is 48.6 Å². The third kappa shape index (κ3) is 4.49. The molecule has 1 N–H and O–H groups in total. The normalized spacial score (nSPS) is 13.9. The van der Waals surface area contributed by atoms with Crippen molar-refractivity contribution in [2.24, 2.45) is 0 Å². The maximum Gasteiger partial charge on any atom is 0.337 e. The van der Waals surface area contributed by atoms with E-state index in [0.29, 0.717) is 10.7 Å². The second-order valence-electron chi connectivity index (χ2n) is 6.15. The third-order valence-corrected chi connectivity index (χ3v) is 4.91. The molecule has 0 saturated carbocycles. The third-order valence-electron chi connectivity index (χ3n) is 4.55. The number of esters is 1. The van der Waals surface area contributed by atoms with Gasteiger partial charge in [-0.25, -0.2) is 4.79 Å². The Morgan fingerprint density at radius 2 is 1.67 bits per heavy atom. The van der Waals surface area contributed by atoms with E-state index in [2.05, 4.69) is 21.2 Å². The van der Waals surface area contributed by atoms with Gasteiger partial charge < -0.3 is 24.6 Å². The molecule has 142 valence electrons. The maximum absolute atomic E-state index is 11.5. The first-order valence-corrected chi connectivity index (χ1v) is 9.15. The van der Waals surface area contributed by atoms with Gasteiger partial charge in [-0.1, -0.05) is 12.1 Å². The van der Waals surface area contributed by atoms with Crippen molar-refractivity contribution in [1.29, 1.82) is 0 Å². The van der Waals surface area contributed by atoms with Crippen LogP contribution in [0.3, 0.4) is 0 Å². The monoisotopic (exact) mass is 385 g/mol. The Bertz CT molecular complexity index is 802. The molecular formula is C20H23N3O3S. The molecule has 0 aromatic heterocycles. The molecule has 3 rings (SSSR count). The number of carbonyl (C=O) groups is 1. The number of para-hydroxylation sites is 2. The van der Waals surface area contributed by atoms with Gasteiger partial charge in [-0.2, -0.15) is 0 Å². The molecule has 1 aliphatic heterocycles. The van der Waals surface area contributed by atoms with E-state index in [1.54, 1.807) is 19.2 Å². The summed E-state index contributed by atoms with van der Waals surface area (Å²) in [7, 11) is 3.06. The summed E-state index contributed by atoms with van der Waals surface area (Å²) in [6, 6.07) is 15.1. The van der Waals surface area contributed by atoms with Crippen LogP contribution in [-0.2, 0) is 4.74 Å². The summed E-state index contributed by atoms with van der Waals surface area (Å²) in [5.74, 6) is 0.536. The number of ether oxygens (including phenoxy) is 2. The summed E-state index contributed by atoms with van der Waals surface area (Å²) >= 11 is 5.55. The molecular weight excluding hydrogens is 362 g/mol. The summed E-state index contributed by atoms with van der Waals surface area (Å²) in [6.07, 6.45) is 0. The van der Waals surface area contributed by atoms with Crippen LogP contribution in [0.4, 0.5) is 11.4 Å². The number of piperazine rings is 1. The van der Waals surface area contributed by atoms with Gasteiger partial charge in [-0.3, -0.25) is 0 Å². The number of methoxy groups -OCH3 is 2. The van der Waals surface area contributed by atoms with E-state index in [1.165, 1.54) is 7.11 Å². The largest absolute Gasteiger partial charge is 0.495 e. The molecule has 1 fully saturated rings. The van der Waals surface area contributed by atoms with Crippen molar-refractivity contribution in [2.75, 3.05) is 50.6 Å². The van der Waals surface area contributed by atoms with Crippen molar-refractivity contribution < 1.29 is 14.3 Å². The minimum absolute atomic E-state index is 0.350. The highest BCUT2D eigenvalue weighted by molar-refractivity contribution is 7.80. The SMILES string of the molecule is COC(=O)c1ccc(NC(=S)N2CCN(c3ccccc3OC)CC2)cc1. The zero-order valence-corrected chi connectivity index (χ0v) is 16.3. The van der Waals surface area contributed by atoms with E-state index in [0.717, 1.165) is 43.3 Å². The Labute approximate surface area is 164 Å². The van der Waals surface area contributed by atoms with Gasteiger partial charge in [-0.15, -0.1) is 0 Å². The zero-order chi connectivity index (χ0) is 19.2. The Hall–Kier alpha value is -2.80. The first-order chi connectivity index (χ1) is 13.1.